The molecule has 0 radical (unpaired) electrons. The highest BCUT2D eigenvalue weighted by atomic mass is 19.3. The van der Waals surface area contributed by atoms with Crippen LogP contribution in [0.3, 0.4) is 0 Å². The molecule has 14 heteroatoms. The molecule has 0 bridgehead atoms. The monoisotopic (exact) mass is 573 g/mol. The van der Waals surface area contributed by atoms with E-state index in [4.69, 9.17) is 9.05 Å². The lowest BCUT2D eigenvalue weighted by Crippen LogP contribution is -2.19. The topological polar surface area (TPSA) is 150 Å². The quantitative estimate of drug-likeness (QED) is 0.183. The molecule has 1 fully saturated rings. The van der Waals surface area contributed by atoms with Gasteiger partial charge in [-0.2, -0.15) is 4.39 Å². The zero-order valence-electron chi connectivity index (χ0n) is 22.5. The number of alkyl halides is 2. The van der Waals surface area contributed by atoms with Crippen molar-refractivity contribution in [2.24, 2.45) is 0 Å². The van der Waals surface area contributed by atoms with E-state index >= 15 is 0 Å². The Morgan fingerprint density at radius 3 is 1.83 bits per heavy atom. The summed E-state index contributed by atoms with van der Waals surface area (Å²) in [7, 11) is 0. The second-order valence-corrected chi connectivity index (χ2v) is 9.75. The maximum Gasteiger partial charge on any atom is 0.305 e. The second kappa shape index (κ2) is 11.4. The van der Waals surface area contributed by atoms with E-state index in [1.54, 1.807) is 39.8 Å². The first-order valence-electron chi connectivity index (χ1n) is 12.5. The van der Waals surface area contributed by atoms with E-state index < -0.39 is 33.3 Å². The number of aromatic nitrogens is 2. The largest absolute Gasteiger partial charge is 0.377 e. The van der Waals surface area contributed by atoms with Gasteiger partial charge < -0.3 is 14.4 Å². The number of benzene rings is 2. The average molecular weight is 574 g/mol. The molecule has 11 nitrogen and oxygen atoms in total. The van der Waals surface area contributed by atoms with Crippen molar-refractivity contribution in [3.05, 3.63) is 85.4 Å². The Bertz CT molecular complexity index is 1580. The summed E-state index contributed by atoms with van der Waals surface area (Å²) in [6.07, 6.45) is -0.221. The van der Waals surface area contributed by atoms with Gasteiger partial charge in [0.25, 0.3) is 5.69 Å². The second-order valence-electron chi connectivity index (χ2n) is 9.75. The highest BCUT2D eigenvalue weighted by Gasteiger charge is 2.40. The van der Waals surface area contributed by atoms with Crippen molar-refractivity contribution in [3.8, 4) is 22.3 Å². The van der Waals surface area contributed by atoms with E-state index in [0.29, 0.717) is 45.2 Å². The van der Waals surface area contributed by atoms with E-state index in [2.05, 4.69) is 15.6 Å². The summed E-state index contributed by atoms with van der Waals surface area (Å²) in [5.74, 6) is -2.45. The molecule has 2 aromatic carbocycles. The lowest BCUT2D eigenvalue weighted by atomic mass is 10.0. The molecule has 0 spiro atoms. The lowest BCUT2D eigenvalue weighted by molar-refractivity contribution is -0.387. The van der Waals surface area contributed by atoms with Crippen molar-refractivity contribution in [2.75, 3.05) is 5.32 Å². The molecule has 0 unspecified atom stereocenters. The van der Waals surface area contributed by atoms with Crippen molar-refractivity contribution in [1.82, 2.24) is 10.3 Å². The fourth-order valence-corrected chi connectivity index (χ4v) is 4.85. The highest BCUT2D eigenvalue weighted by molar-refractivity contribution is 5.75. The van der Waals surface area contributed by atoms with Crippen LogP contribution in [0.4, 0.5) is 30.2 Å². The third-order valence-corrected chi connectivity index (χ3v) is 6.74. The van der Waals surface area contributed by atoms with Crippen LogP contribution in [0.2, 0.25) is 0 Å². The van der Waals surface area contributed by atoms with Crippen molar-refractivity contribution in [2.45, 2.75) is 58.9 Å². The number of aryl methyl sites for hydroxylation is 4. The zero-order valence-corrected chi connectivity index (χ0v) is 22.5. The molecule has 5 rings (SSSR count). The maximum atomic E-state index is 13.3. The number of anilines is 1. The predicted molar refractivity (Wildman–Crippen MR) is 142 cm³/mol. The van der Waals surface area contributed by atoms with Crippen LogP contribution in [0.15, 0.2) is 45.4 Å². The first-order chi connectivity index (χ1) is 19.3. The van der Waals surface area contributed by atoms with E-state index in [1.165, 1.54) is 18.2 Å². The van der Waals surface area contributed by atoms with Crippen LogP contribution in [0, 0.1) is 53.7 Å². The van der Waals surface area contributed by atoms with Crippen molar-refractivity contribution in [3.63, 3.8) is 0 Å². The summed E-state index contributed by atoms with van der Waals surface area (Å²) in [4.78, 5) is 20.8. The maximum absolute atomic E-state index is 13.3. The predicted octanol–water partition coefficient (Wildman–Crippen LogP) is 7.47. The Balaban J connectivity index is 0.000000201. The summed E-state index contributed by atoms with van der Waals surface area (Å²) < 4.78 is 49.8. The van der Waals surface area contributed by atoms with Gasteiger partial charge in [-0.25, -0.2) is 8.78 Å². The highest BCUT2D eigenvalue weighted by Crippen LogP contribution is 2.39. The summed E-state index contributed by atoms with van der Waals surface area (Å²) in [5, 5.41) is 32.5. The molecule has 0 aliphatic heterocycles. The lowest BCUT2D eigenvalue weighted by Gasteiger charge is -2.15. The van der Waals surface area contributed by atoms with Gasteiger partial charge in [-0.3, -0.25) is 20.2 Å². The molecule has 1 aliphatic rings. The first-order valence-corrected chi connectivity index (χ1v) is 12.5. The van der Waals surface area contributed by atoms with E-state index in [1.807, 2.05) is 0 Å². The van der Waals surface area contributed by atoms with Crippen molar-refractivity contribution >= 4 is 17.1 Å². The third kappa shape index (κ3) is 6.36. The number of halogens is 3. The van der Waals surface area contributed by atoms with Crippen molar-refractivity contribution < 1.29 is 32.1 Å². The smallest absolute Gasteiger partial charge is 0.305 e. The van der Waals surface area contributed by atoms with Gasteiger partial charge in [-0.15, -0.1) is 0 Å². The number of hydrogen-bond donors (Lipinski definition) is 1. The van der Waals surface area contributed by atoms with Crippen molar-refractivity contribution in [1.29, 1.82) is 0 Å². The number of nitro groups is 2. The van der Waals surface area contributed by atoms with Gasteiger partial charge >= 0.3 is 5.69 Å². The molecule has 1 aliphatic carbocycles. The Morgan fingerprint density at radius 1 is 0.878 bits per heavy atom. The van der Waals surface area contributed by atoms with Gasteiger partial charge in [0.1, 0.15) is 17.2 Å². The normalized spacial score (nSPS) is 15.7. The Morgan fingerprint density at radius 2 is 1.39 bits per heavy atom. The number of nitrogens with one attached hydrogen (secondary N) is 1. The van der Waals surface area contributed by atoms with Gasteiger partial charge in [0, 0.05) is 42.1 Å². The molecule has 0 saturated heterocycles. The fraction of sp³-hybridized carbons (Fsp3) is 0.333. The molecule has 0 amide bonds. The summed E-state index contributed by atoms with van der Waals surface area (Å²) in [5.41, 5.74) is 3.30. The standard InChI is InChI=1S/C16H17F2N3O3.C11H9FN2O3/c1-9-15(10(2)24-20-9)11-3-4-13(14(7-11)21(22)23)19-12-5-6-16(17,18)8-12;1-6-11(7(2)17-13-6)8-3-4-9(12)10(5-8)14(15)16/h3-4,7,12,19H,5-6,8H2,1-2H3;3-5H,1-2H3/t12-;/m1./s1. The van der Waals surface area contributed by atoms with Crippen LogP contribution < -0.4 is 5.32 Å². The van der Waals surface area contributed by atoms with E-state index in [9.17, 15) is 33.4 Å². The van der Waals surface area contributed by atoms with Gasteiger partial charge in [-0.05, 0) is 57.4 Å². The minimum atomic E-state index is -2.71. The number of rotatable bonds is 6. The molecule has 1 saturated carbocycles. The molecular formula is C27H26F3N5O6. The third-order valence-electron chi connectivity index (χ3n) is 6.74. The molecule has 216 valence electrons. The minimum Gasteiger partial charge on any atom is -0.377 e. The molecule has 41 heavy (non-hydrogen) atoms. The van der Waals surface area contributed by atoms with Gasteiger partial charge in [-0.1, -0.05) is 22.4 Å². The molecule has 2 heterocycles. The van der Waals surface area contributed by atoms with E-state index in [0.717, 1.165) is 6.07 Å². The van der Waals surface area contributed by atoms with Crippen LogP contribution in [0.1, 0.15) is 42.2 Å². The first kappa shape index (κ1) is 29.2. The molecule has 1 atom stereocenters. The minimum absolute atomic E-state index is 0.150. The van der Waals surface area contributed by atoms with Gasteiger partial charge in [0.2, 0.25) is 11.7 Å². The SMILES string of the molecule is Cc1noc(C)c1-c1ccc(F)c([N+](=O)[O-])c1.Cc1noc(C)c1-c1ccc(N[C@@H]2CCC(F)(F)C2)c([N+](=O)[O-])c1. The van der Waals surface area contributed by atoms with E-state index in [-0.39, 0.29) is 30.6 Å². The van der Waals surface area contributed by atoms with Crippen LogP contribution in [-0.4, -0.2) is 32.1 Å². The Labute approximate surface area is 231 Å². The molecule has 1 N–H and O–H groups in total. The van der Waals surface area contributed by atoms with Gasteiger partial charge in [0.05, 0.1) is 21.2 Å². The summed E-state index contributed by atoms with van der Waals surface area (Å²) >= 11 is 0. The van der Waals surface area contributed by atoms with Crippen LogP contribution in [-0.2, 0) is 0 Å². The van der Waals surface area contributed by atoms with Gasteiger partial charge in [0.15, 0.2) is 0 Å². The number of nitrogens with zero attached hydrogens (tertiary/aromatic N) is 4. The average Bonchev–Trinajstić information content (AvgIpc) is 3.55. The molecular weight excluding hydrogens is 547 g/mol. The zero-order chi connectivity index (χ0) is 30.1. The molecule has 2 aromatic heterocycles. The Kier molecular flexibility index (Phi) is 8.12. The van der Waals surface area contributed by atoms with Crippen LogP contribution in [0.5, 0.6) is 0 Å². The van der Waals surface area contributed by atoms with Crippen LogP contribution in [0.25, 0.3) is 22.3 Å². The number of hydrogen-bond acceptors (Lipinski definition) is 9. The Hall–Kier alpha value is -4.75. The summed E-state index contributed by atoms with van der Waals surface area (Å²) in [6.45, 7) is 6.91. The summed E-state index contributed by atoms with van der Waals surface area (Å²) in [6, 6.07) is 7.92. The van der Waals surface area contributed by atoms with Crippen LogP contribution >= 0.6 is 0 Å². The molecule has 4 aromatic rings. The fourth-order valence-electron chi connectivity index (χ4n) is 4.85. The number of nitro benzene ring substituents is 2.